The maximum absolute atomic E-state index is 5.57. The van der Waals surface area contributed by atoms with Crippen molar-refractivity contribution < 1.29 is 9.15 Å². The Hall–Kier alpha value is -2.49. The second-order valence-electron chi connectivity index (χ2n) is 3.86. The van der Waals surface area contributed by atoms with Gasteiger partial charge in [-0.15, -0.1) is 0 Å². The van der Waals surface area contributed by atoms with Gasteiger partial charge in [-0.1, -0.05) is 30.3 Å². The van der Waals surface area contributed by atoms with E-state index in [1.54, 1.807) is 12.3 Å². The number of hydrogen-bond donors (Lipinski definition) is 1. The van der Waals surface area contributed by atoms with Crippen molar-refractivity contribution in [2.75, 3.05) is 0 Å². The Balaban J connectivity index is 1.68. The van der Waals surface area contributed by atoms with Crippen LogP contribution in [0.4, 0.5) is 0 Å². The van der Waals surface area contributed by atoms with E-state index in [1.165, 1.54) is 0 Å². The monoisotopic (exact) mass is 240 g/mol. The highest BCUT2D eigenvalue weighted by Gasteiger charge is 2.06. The van der Waals surface area contributed by atoms with Crippen molar-refractivity contribution in [2.24, 2.45) is 0 Å². The summed E-state index contributed by atoms with van der Waals surface area (Å²) in [5.41, 5.74) is 1.95. The molecule has 0 atom stereocenters. The van der Waals surface area contributed by atoms with Gasteiger partial charge >= 0.3 is 0 Å². The first-order chi connectivity index (χ1) is 8.92. The van der Waals surface area contributed by atoms with Gasteiger partial charge in [-0.3, -0.25) is 5.10 Å². The van der Waals surface area contributed by atoms with E-state index in [2.05, 4.69) is 10.2 Å². The van der Waals surface area contributed by atoms with Gasteiger partial charge in [0.25, 0.3) is 5.95 Å². The number of ether oxygens (including phenoxy) is 1. The molecule has 90 valence electrons. The van der Waals surface area contributed by atoms with E-state index in [1.807, 2.05) is 42.5 Å². The molecule has 0 spiro atoms. The Labute approximate surface area is 104 Å². The third-order valence-corrected chi connectivity index (χ3v) is 2.57. The van der Waals surface area contributed by atoms with Crippen LogP contribution < -0.4 is 4.74 Å². The average Bonchev–Trinajstić information content (AvgIpc) is 3.08. The Morgan fingerprint density at radius 3 is 2.72 bits per heavy atom. The molecule has 2 heterocycles. The van der Waals surface area contributed by atoms with Crippen LogP contribution in [0.3, 0.4) is 0 Å². The van der Waals surface area contributed by atoms with Gasteiger partial charge in [0, 0.05) is 12.3 Å². The topological polar surface area (TPSA) is 51.0 Å². The van der Waals surface area contributed by atoms with Crippen molar-refractivity contribution in [1.29, 1.82) is 0 Å². The van der Waals surface area contributed by atoms with Crippen LogP contribution in [0.5, 0.6) is 5.95 Å². The summed E-state index contributed by atoms with van der Waals surface area (Å²) >= 11 is 0. The fraction of sp³-hybridized carbons (Fsp3) is 0.0714. The summed E-state index contributed by atoms with van der Waals surface area (Å²) in [7, 11) is 0. The summed E-state index contributed by atoms with van der Waals surface area (Å²) in [5.74, 6) is 1.22. The Morgan fingerprint density at radius 1 is 1.06 bits per heavy atom. The first kappa shape index (κ1) is 10.7. The molecule has 0 amide bonds. The summed E-state index contributed by atoms with van der Waals surface area (Å²) in [6.45, 7) is 0.497. The Morgan fingerprint density at radius 2 is 1.94 bits per heavy atom. The maximum atomic E-state index is 5.57. The number of nitrogens with one attached hydrogen (secondary N) is 1. The van der Waals surface area contributed by atoms with Crippen molar-refractivity contribution in [3.63, 3.8) is 0 Å². The van der Waals surface area contributed by atoms with E-state index in [-0.39, 0.29) is 0 Å². The van der Waals surface area contributed by atoms with E-state index >= 15 is 0 Å². The second-order valence-corrected chi connectivity index (χ2v) is 3.86. The minimum Gasteiger partial charge on any atom is -0.460 e. The Kier molecular flexibility index (Phi) is 2.84. The molecule has 0 radical (unpaired) electrons. The summed E-state index contributed by atoms with van der Waals surface area (Å²) in [5, 5.41) is 6.72. The predicted molar refractivity (Wildman–Crippen MR) is 67.1 cm³/mol. The van der Waals surface area contributed by atoms with Crippen molar-refractivity contribution in [3.05, 3.63) is 60.3 Å². The number of nitrogens with zero attached hydrogens (tertiary/aromatic N) is 1. The van der Waals surface area contributed by atoms with E-state index < -0.39 is 0 Å². The number of aromatic amines is 1. The molecule has 0 aliphatic heterocycles. The summed E-state index contributed by atoms with van der Waals surface area (Å²) in [6, 6.07) is 15.5. The highest BCUT2D eigenvalue weighted by Crippen LogP contribution is 2.24. The first-order valence-electron chi connectivity index (χ1n) is 5.68. The zero-order valence-electron chi connectivity index (χ0n) is 9.67. The van der Waals surface area contributed by atoms with Crippen molar-refractivity contribution in [3.8, 4) is 17.4 Å². The van der Waals surface area contributed by atoms with Gasteiger partial charge in [-0.25, -0.2) is 0 Å². The molecule has 0 aliphatic rings. The number of benzene rings is 1. The van der Waals surface area contributed by atoms with Crippen molar-refractivity contribution >= 4 is 0 Å². The fourth-order valence-electron chi connectivity index (χ4n) is 1.66. The molecule has 1 N–H and O–H groups in total. The maximum Gasteiger partial charge on any atom is 0.285 e. The standard InChI is InChI=1S/C14H12N2O2/c1-2-4-11(5-3-1)10-17-14-7-6-13(18-14)12-8-9-15-16-12/h1-9H,10H2,(H,15,16). The number of aromatic nitrogens is 2. The summed E-state index contributed by atoms with van der Waals surface area (Å²) in [6.07, 6.45) is 1.68. The van der Waals surface area contributed by atoms with Crippen LogP contribution in [0.2, 0.25) is 0 Å². The quantitative estimate of drug-likeness (QED) is 0.761. The highest BCUT2D eigenvalue weighted by molar-refractivity contribution is 5.51. The molecular weight excluding hydrogens is 228 g/mol. The molecule has 18 heavy (non-hydrogen) atoms. The number of H-pyrrole nitrogens is 1. The third kappa shape index (κ3) is 2.27. The molecule has 1 aromatic carbocycles. The van der Waals surface area contributed by atoms with Crippen LogP contribution in [-0.4, -0.2) is 10.2 Å². The lowest BCUT2D eigenvalue weighted by Crippen LogP contribution is -1.93. The molecule has 4 heteroatoms. The molecule has 0 saturated heterocycles. The average molecular weight is 240 g/mol. The zero-order valence-corrected chi connectivity index (χ0v) is 9.67. The minimum absolute atomic E-state index is 0.497. The van der Waals surface area contributed by atoms with Gasteiger partial charge in [-0.05, 0) is 17.7 Å². The number of furan rings is 1. The van der Waals surface area contributed by atoms with Gasteiger partial charge in [0.05, 0.1) is 0 Å². The van der Waals surface area contributed by atoms with E-state index in [0.29, 0.717) is 12.6 Å². The largest absolute Gasteiger partial charge is 0.460 e. The zero-order chi connectivity index (χ0) is 12.2. The predicted octanol–water partition coefficient (Wildman–Crippen LogP) is 3.25. The molecule has 0 aliphatic carbocycles. The smallest absolute Gasteiger partial charge is 0.285 e. The molecular formula is C14H12N2O2. The van der Waals surface area contributed by atoms with Crippen LogP contribution in [-0.2, 0) is 6.61 Å². The lowest BCUT2D eigenvalue weighted by molar-refractivity contribution is 0.235. The molecule has 4 nitrogen and oxygen atoms in total. The highest BCUT2D eigenvalue weighted by atomic mass is 16.6. The summed E-state index contributed by atoms with van der Waals surface area (Å²) in [4.78, 5) is 0. The molecule has 0 saturated carbocycles. The normalized spacial score (nSPS) is 10.4. The van der Waals surface area contributed by atoms with Gasteiger partial charge in [-0.2, -0.15) is 5.10 Å². The second kappa shape index (κ2) is 4.79. The lowest BCUT2D eigenvalue weighted by Gasteiger charge is -2.02. The summed E-state index contributed by atoms with van der Waals surface area (Å²) < 4.78 is 11.1. The van der Waals surface area contributed by atoms with Gasteiger partial charge in [0.2, 0.25) is 0 Å². The molecule has 0 unspecified atom stereocenters. The van der Waals surface area contributed by atoms with Crippen LogP contribution in [0, 0.1) is 0 Å². The lowest BCUT2D eigenvalue weighted by atomic mass is 10.2. The molecule has 3 aromatic rings. The van der Waals surface area contributed by atoms with E-state index in [9.17, 15) is 0 Å². The fourth-order valence-corrected chi connectivity index (χ4v) is 1.66. The molecule has 3 rings (SSSR count). The van der Waals surface area contributed by atoms with Crippen LogP contribution >= 0.6 is 0 Å². The minimum atomic E-state index is 0.497. The van der Waals surface area contributed by atoms with Gasteiger partial charge in [0.15, 0.2) is 5.76 Å². The third-order valence-electron chi connectivity index (χ3n) is 2.57. The van der Waals surface area contributed by atoms with Crippen molar-refractivity contribution in [1.82, 2.24) is 10.2 Å². The molecule has 0 fully saturated rings. The van der Waals surface area contributed by atoms with Crippen LogP contribution in [0.1, 0.15) is 5.56 Å². The van der Waals surface area contributed by atoms with Gasteiger partial charge < -0.3 is 9.15 Å². The van der Waals surface area contributed by atoms with E-state index in [4.69, 9.17) is 9.15 Å². The SMILES string of the molecule is c1ccc(COc2ccc(-c3ccn[nH]3)o2)cc1. The first-order valence-corrected chi connectivity index (χ1v) is 5.68. The van der Waals surface area contributed by atoms with Crippen LogP contribution in [0.15, 0.2) is 59.1 Å². The van der Waals surface area contributed by atoms with Gasteiger partial charge in [0.1, 0.15) is 12.3 Å². The number of hydrogen-bond acceptors (Lipinski definition) is 3. The number of rotatable bonds is 4. The Bertz CT molecular complexity index is 600. The van der Waals surface area contributed by atoms with Crippen molar-refractivity contribution in [2.45, 2.75) is 6.61 Å². The van der Waals surface area contributed by atoms with E-state index in [0.717, 1.165) is 17.0 Å². The molecule has 0 bridgehead atoms. The van der Waals surface area contributed by atoms with Crippen LogP contribution in [0.25, 0.3) is 11.5 Å². The molecule has 2 aromatic heterocycles.